The minimum absolute atomic E-state index is 0.00634. The van der Waals surface area contributed by atoms with Crippen LogP contribution in [-0.2, 0) is 11.2 Å². The maximum Gasteiger partial charge on any atom is 0.253 e. The van der Waals surface area contributed by atoms with E-state index < -0.39 is 6.04 Å². The first-order chi connectivity index (χ1) is 16.9. The average molecular weight is 489 g/mol. The number of fused-ring (bicyclic) bond motifs is 1. The Balaban J connectivity index is 1.55. The number of aromatic amines is 1. The number of aromatic nitrogens is 1. The lowest BCUT2D eigenvalue weighted by Gasteiger charge is -2.26. The molecule has 0 saturated carbocycles. The summed E-state index contributed by atoms with van der Waals surface area (Å²) >= 11 is 6.24. The first-order valence-corrected chi connectivity index (χ1v) is 11.9. The summed E-state index contributed by atoms with van der Waals surface area (Å²) in [6.07, 6.45) is 2.23. The van der Waals surface area contributed by atoms with Gasteiger partial charge in [0.15, 0.2) is 0 Å². The van der Waals surface area contributed by atoms with Crippen LogP contribution in [0, 0.1) is 0 Å². The maximum atomic E-state index is 13.4. The van der Waals surface area contributed by atoms with Gasteiger partial charge in [-0.05, 0) is 43.4 Å². The van der Waals surface area contributed by atoms with Crippen LogP contribution >= 0.6 is 11.6 Å². The lowest BCUT2D eigenvalue weighted by Crippen LogP contribution is -2.49. The smallest absolute Gasteiger partial charge is 0.253 e. The van der Waals surface area contributed by atoms with E-state index in [9.17, 15) is 9.59 Å². The lowest BCUT2D eigenvalue weighted by molar-refractivity contribution is -0.123. The normalized spacial score (nSPS) is 12.9. The molecule has 6 nitrogen and oxygen atoms in total. The highest BCUT2D eigenvalue weighted by Crippen LogP contribution is 2.21. The second-order valence-electron chi connectivity index (χ2n) is 8.70. The van der Waals surface area contributed by atoms with Crippen LogP contribution in [0.3, 0.4) is 0 Å². The van der Waals surface area contributed by atoms with Crippen LogP contribution in [0.5, 0.6) is 0 Å². The van der Waals surface area contributed by atoms with Gasteiger partial charge in [-0.2, -0.15) is 0 Å². The fourth-order valence-electron chi connectivity index (χ4n) is 4.21. The number of H-pyrrole nitrogens is 1. The number of halogens is 1. The number of hydrogen-bond donors (Lipinski definition) is 3. The number of hydrogen-bond acceptors (Lipinski definition) is 3. The summed E-state index contributed by atoms with van der Waals surface area (Å²) in [5.74, 6) is -0.638. The van der Waals surface area contributed by atoms with Gasteiger partial charge in [-0.1, -0.05) is 72.3 Å². The molecule has 180 valence electrons. The van der Waals surface area contributed by atoms with Crippen LogP contribution in [0.2, 0.25) is 5.02 Å². The highest BCUT2D eigenvalue weighted by atomic mass is 35.5. The van der Waals surface area contributed by atoms with E-state index in [1.165, 1.54) is 0 Å². The summed E-state index contributed by atoms with van der Waals surface area (Å²) in [5, 5.41) is 7.32. The fourth-order valence-corrected chi connectivity index (χ4v) is 4.43. The molecule has 2 unspecified atom stereocenters. The van der Waals surface area contributed by atoms with E-state index in [1.807, 2.05) is 74.9 Å². The van der Waals surface area contributed by atoms with Crippen molar-refractivity contribution >= 4 is 34.3 Å². The summed E-state index contributed by atoms with van der Waals surface area (Å²) in [7, 11) is 3.96. The van der Waals surface area contributed by atoms with Crippen molar-refractivity contribution in [1.29, 1.82) is 0 Å². The molecular formula is C28H29ClN4O2. The summed E-state index contributed by atoms with van der Waals surface area (Å²) in [5.41, 5.74) is 3.37. The monoisotopic (exact) mass is 488 g/mol. The maximum absolute atomic E-state index is 13.4. The highest BCUT2D eigenvalue weighted by molar-refractivity contribution is 6.33. The molecule has 2 atom stereocenters. The molecule has 0 saturated heterocycles. The molecule has 0 fully saturated rings. The molecule has 4 rings (SSSR count). The molecule has 1 heterocycles. The quantitative estimate of drug-likeness (QED) is 0.322. The Morgan fingerprint density at radius 2 is 1.63 bits per heavy atom. The Labute approximate surface area is 210 Å². The predicted molar refractivity (Wildman–Crippen MR) is 141 cm³/mol. The zero-order valence-corrected chi connectivity index (χ0v) is 20.5. The number of rotatable bonds is 9. The van der Waals surface area contributed by atoms with Crippen LogP contribution in [0.1, 0.15) is 27.5 Å². The summed E-state index contributed by atoms with van der Waals surface area (Å²) in [4.78, 5) is 31.8. The fraction of sp³-hybridized carbons (Fsp3) is 0.214. The first kappa shape index (κ1) is 24.5. The molecule has 0 bridgehead atoms. The van der Waals surface area contributed by atoms with Gasteiger partial charge in [0, 0.05) is 30.1 Å². The van der Waals surface area contributed by atoms with Gasteiger partial charge in [-0.15, -0.1) is 0 Å². The Bertz CT molecular complexity index is 1300. The Morgan fingerprint density at radius 1 is 0.943 bits per heavy atom. The van der Waals surface area contributed by atoms with Crippen LogP contribution in [0.25, 0.3) is 10.9 Å². The zero-order chi connectivity index (χ0) is 24.8. The molecule has 7 heteroatoms. The number of nitrogens with one attached hydrogen (secondary N) is 3. The number of nitrogens with zero attached hydrogens (tertiary/aromatic N) is 1. The molecular weight excluding hydrogens is 460 g/mol. The van der Waals surface area contributed by atoms with Crippen molar-refractivity contribution in [1.82, 2.24) is 20.5 Å². The zero-order valence-electron chi connectivity index (χ0n) is 19.8. The third kappa shape index (κ3) is 5.91. The molecule has 3 aromatic carbocycles. The van der Waals surface area contributed by atoms with Gasteiger partial charge < -0.3 is 20.5 Å². The minimum Gasteiger partial charge on any atom is -0.361 e. The second kappa shape index (κ2) is 11.2. The van der Waals surface area contributed by atoms with Gasteiger partial charge in [0.25, 0.3) is 5.91 Å². The van der Waals surface area contributed by atoms with Gasteiger partial charge in [0.2, 0.25) is 5.91 Å². The summed E-state index contributed by atoms with van der Waals surface area (Å²) < 4.78 is 0. The van der Waals surface area contributed by atoms with Gasteiger partial charge >= 0.3 is 0 Å². The number of carbonyl (C=O) groups excluding carboxylic acids is 2. The van der Waals surface area contributed by atoms with Crippen molar-refractivity contribution in [2.24, 2.45) is 0 Å². The van der Waals surface area contributed by atoms with E-state index in [2.05, 4.69) is 20.5 Å². The van der Waals surface area contributed by atoms with Crippen LogP contribution in [-0.4, -0.2) is 48.4 Å². The molecule has 3 N–H and O–H groups in total. The SMILES string of the molecule is CN(C)C(CNC(=O)C(Cc1c[nH]c2ccccc12)NC(=O)c1ccccc1Cl)c1ccccc1. The second-order valence-corrected chi connectivity index (χ2v) is 9.11. The summed E-state index contributed by atoms with van der Waals surface area (Å²) in [6.45, 7) is 0.405. The van der Waals surface area contributed by atoms with Crippen molar-refractivity contribution in [2.45, 2.75) is 18.5 Å². The minimum atomic E-state index is -0.781. The molecule has 2 amide bonds. The van der Waals surface area contributed by atoms with Gasteiger partial charge in [0.1, 0.15) is 6.04 Å². The number of amides is 2. The van der Waals surface area contributed by atoms with E-state index in [-0.39, 0.29) is 17.9 Å². The third-order valence-corrected chi connectivity index (χ3v) is 6.45. The molecule has 1 aromatic heterocycles. The van der Waals surface area contributed by atoms with Gasteiger partial charge in [0.05, 0.1) is 16.6 Å². The molecule has 0 spiro atoms. The van der Waals surface area contributed by atoms with Crippen molar-refractivity contribution in [3.8, 4) is 0 Å². The topological polar surface area (TPSA) is 77.2 Å². The number of carbonyl (C=O) groups is 2. The Hall–Kier alpha value is -3.61. The predicted octanol–water partition coefficient (Wildman–Crippen LogP) is 4.58. The van der Waals surface area contributed by atoms with Crippen molar-refractivity contribution < 1.29 is 9.59 Å². The molecule has 0 aliphatic rings. The lowest BCUT2D eigenvalue weighted by atomic mass is 10.0. The van der Waals surface area contributed by atoms with E-state index in [1.54, 1.807) is 24.3 Å². The molecule has 0 aliphatic carbocycles. The standard InChI is InChI=1S/C28H29ClN4O2/c1-33(2)26(19-10-4-3-5-11-19)18-31-28(35)25(32-27(34)22-13-6-8-14-23(22)29)16-20-17-30-24-15-9-7-12-21(20)24/h3-15,17,25-26,30H,16,18H2,1-2H3,(H,31,35)(H,32,34). The van der Waals surface area contributed by atoms with Gasteiger partial charge in [-0.3, -0.25) is 9.59 Å². The summed E-state index contributed by atoms with van der Waals surface area (Å²) in [6, 6.07) is 23.9. The molecule has 4 aromatic rings. The average Bonchev–Trinajstić information content (AvgIpc) is 3.27. The van der Waals surface area contributed by atoms with Crippen LogP contribution in [0.15, 0.2) is 85.1 Å². The van der Waals surface area contributed by atoms with E-state index in [0.717, 1.165) is 22.0 Å². The number of likely N-dealkylation sites (N-methyl/N-ethyl adjacent to an activating group) is 1. The van der Waals surface area contributed by atoms with Crippen molar-refractivity contribution in [3.05, 3.63) is 107 Å². The van der Waals surface area contributed by atoms with Crippen LogP contribution in [0.4, 0.5) is 0 Å². The highest BCUT2D eigenvalue weighted by Gasteiger charge is 2.25. The molecule has 0 radical (unpaired) electrons. The first-order valence-electron chi connectivity index (χ1n) is 11.5. The number of benzene rings is 3. The molecule has 0 aliphatic heterocycles. The van der Waals surface area contributed by atoms with Crippen molar-refractivity contribution in [2.75, 3.05) is 20.6 Å². The Morgan fingerprint density at radius 3 is 2.37 bits per heavy atom. The van der Waals surface area contributed by atoms with Crippen molar-refractivity contribution in [3.63, 3.8) is 0 Å². The van der Waals surface area contributed by atoms with E-state index in [0.29, 0.717) is 23.6 Å². The number of para-hydroxylation sites is 1. The Kier molecular flexibility index (Phi) is 7.85. The van der Waals surface area contributed by atoms with Gasteiger partial charge in [-0.25, -0.2) is 0 Å². The van der Waals surface area contributed by atoms with E-state index >= 15 is 0 Å². The molecule has 35 heavy (non-hydrogen) atoms. The van der Waals surface area contributed by atoms with E-state index in [4.69, 9.17) is 11.6 Å². The third-order valence-electron chi connectivity index (χ3n) is 6.12. The van der Waals surface area contributed by atoms with Crippen LogP contribution < -0.4 is 10.6 Å². The largest absolute Gasteiger partial charge is 0.361 e.